The van der Waals surface area contributed by atoms with Gasteiger partial charge in [-0.2, -0.15) is 0 Å². The van der Waals surface area contributed by atoms with Gasteiger partial charge in [-0.25, -0.2) is 9.88 Å². The minimum Gasteiger partial charge on any atom is -0.258 e. The number of rotatable bonds is 6. The van der Waals surface area contributed by atoms with Gasteiger partial charge in [-0.15, -0.1) is 0 Å². The second-order valence-corrected chi connectivity index (χ2v) is 6.43. The fourth-order valence-electron chi connectivity index (χ4n) is 2.56. The predicted octanol–water partition coefficient (Wildman–Crippen LogP) is 4.85. The molecule has 1 heterocycles. The summed E-state index contributed by atoms with van der Waals surface area (Å²) in [6.07, 6.45) is 1.84. The van der Waals surface area contributed by atoms with Crippen LogP contribution >= 0.6 is 11.3 Å². The number of nitro benzene ring substituents is 1. The lowest BCUT2D eigenvalue weighted by Crippen LogP contribution is -2.35. The van der Waals surface area contributed by atoms with Crippen molar-refractivity contribution in [2.75, 3.05) is 5.32 Å². The van der Waals surface area contributed by atoms with E-state index in [1.54, 1.807) is 23.5 Å². The van der Waals surface area contributed by atoms with E-state index >= 15 is 0 Å². The SMILES string of the molecule is C=CC[n+]1c(-c2ccc([N+](=O)[O-])cc2)csc1Nc1ccccc1C. The van der Waals surface area contributed by atoms with Gasteiger partial charge >= 0.3 is 5.13 Å². The molecule has 0 spiro atoms. The second kappa shape index (κ2) is 7.27. The Hall–Kier alpha value is -2.99. The van der Waals surface area contributed by atoms with E-state index in [4.69, 9.17) is 0 Å². The molecule has 0 fully saturated rings. The Morgan fingerprint density at radius 1 is 1.24 bits per heavy atom. The third kappa shape index (κ3) is 3.59. The molecule has 1 aromatic heterocycles. The Morgan fingerprint density at radius 2 is 1.96 bits per heavy atom. The van der Waals surface area contributed by atoms with Gasteiger partial charge in [-0.3, -0.25) is 10.1 Å². The van der Waals surface area contributed by atoms with Crippen molar-refractivity contribution in [2.45, 2.75) is 13.5 Å². The van der Waals surface area contributed by atoms with Crippen molar-refractivity contribution >= 4 is 27.8 Å². The quantitative estimate of drug-likeness (QED) is 0.299. The highest BCUT2D eigenvalue weighted by molar-refractivity contribution is 7.13. The van der Waals surface area contributed by atoms with Gasteiger partial charge in [-0.05, 0) is 30.7 Å². The van der Waals surface area contributed by atoms with Crippen LogP contribution in [0.5, 0.6) is 0 Å². The number of para-hydroxylation sites is 1. The molecule has 0 unspecified atom stereocenters. The summed E-state index contributed by atoms with van der Waals surface area (Å²) in [7, 11) is 0. The van der Waals surface area contributed by atoms with E-state index in [-0.39, 0.29) is 10.6 Å². The van der Waals surface area contributed by atoms with E-state index < -0.39 is 0 Å². The van der Waals surface area contributed by atoms with Crippen LogP contribution in [0.3, 0.4) is 0 Å². The molecule has 0 aliphatic heterocycles. The van der Waals surface area contributed by atoms with Crippen LogP contribution < -0.4 is 9.88 Å². The van der Waals surface area contributed by atoms with Crippen molar-refractivity contribution in [1.82, 2.24) is 0 Å². The zero-order valence-corrected chi connectivity index (χ0v) is 14.6. The summed E-state index contributed by atoms with van der Waals surface area (Å²) in [5.74, 6) is 0. The van der Waals surface area contributed by atoms with Crippen LogP contribution in [-0.2, 0) is 6.54 Å². The molecule has 0 atom stereocenters. The number of nitro groups is 1. The van der Waals surface area contributed by atoms with Crippen molar-refractivity contribution in [1.29, 1.82) is 0 Å². The number of anilines is 2. The van der Waals surface area contributed by atoms with Crippen LogP contribution in [0, 0.1) is 17.0 Å². The molecule has 3 rings (SSSR count). The van der Waals surface area contributed by atoms with Gasteiger partial charge in [0.15, 0.2) is 0 Å². The lowest BCUT2D eigenvalue weighted by Gasteiger charge is -2.05. The van der Waals surface area contributed by atoms with Crippen LogP contribution in [0.15, 0.2) is 66.6 Å². The van der Waals surface area contributed by atoms with Gasteiger partial charge in [0.05, 0.1) is 4.92 Å². The maximum Gasteiger partial charge on any atom is 0.339 e. The molecule has 0 aliphatic carbocycles. The van der Waals surface area contributed by atoms with Crippen molar-refractivity contribution in [3.8, 4) is 11.3 Å². The summed E-state index contributed by atoms with van der Waals surface area (Å²) in [6, 6.07) is 14.7. The third-order valence-corrected chi connectivity index (χ3v) is 4.78. The standard InChI is InChI=1S/C19H17N3O2S/c1-3-12-21-18(15-8-10-16(11-9-15)22(23)24)13-25-19(21)20-17-7-5-4-6-14(17)2/h3-11,13H,1,12H2,2H3/p+1. The molecule has 0 aliphatic rings. The smallest absolute Gasteiger partial charge is 0.258 e. The molecule has 5 nitrogen and oxygen atoms in total. The second-order valence-electron chi connectivity index (χ2n) is 5.57. The molecule has 3 aromatic rings. The fraction of sp³-hybridized carbons (Fsp3) is 0.105. The molecule has 0 amide bonds. The Labute approximate surface area is 150 Å². The monoisotopic (exact) mass is 352 g/mol. The van der Waals surface area contributed by atoms with Gasteiger partial charge in [0.1, 0.15) is 17.9 Å². The van der Waals surface area contributed by atoms with Crippen LogP contribution in [0.2, 0.25) is 0 Å². The van der Waals surface area contributed by atoms with E-state index in [1.807, 2.05) is 29.7 Å². The molecule has 0 bridgehead atoms. The number of thiazole rings is 1. The number of nitrogens with zero attached hydrogens (tertiary/aromatic N) is 2. The minimum absolute atomic E-state index is 0.0903. The Balaban J connectivity index is 1.98. The normalized spacial score (nSPS) is 10.4. The Morgan fingerprint density at radius 3 is 2.60 bits per heavy atom. The predicted molar refractivity (Wildman–Crippen MR) is 101 cm³/mol. The molecule has 25 heavy (non-hydrogen) atoms. The zero-order valence-electron chi connectivity index (χ0n) is 13.8. The molecular weight excluding hydrogens is 334 g/mol. The number of benzene rings is 2. The highest BCUT2D eigenvalue weighted by Gasteiger charge is 2.20. The Bertz CT molecular complexity index is 917. The molecule has 126 valence electrons. The van der Waals surface area contributed by atoms with Crippen LogP contribution in [0.1, 0.15) is 5.56 Å². The van der Waals surface area contributed by atoms with E-state index in [0.717, 1.165) is 27.6 Å². The lowest BCUT2D eigenvalue weighted by atomic mass is 10.1. The third-order valence-electron chi connectivity index (χ3n) is 3.89. The van der Waals surface area contributed by atoms with Crippen LogP contribution in [0.25, 0.3) is 11.3 Å². The number of allylic oxidation sites excluding steroid dienone is 1. The minimum atomic E-state index is -0.389. The summed E-state index contributed by atoms with van der Waals surface area (Å²) in [6.45, 7) is 6.54. The molecular formula is C19H18N3O2S+. The van der Waals surface area contributed by atoms with Gasteiger partial charge < -0.3 is 0 Å². The van der Waals surface area contributed by atoms with Crippen molar-refractivity contribution in [3.05, 3.63) is 82.2 Å². The van der Waals surface area contributed by atoms with E-state index in [1.165, 1.54) is 12.1 Å². The van der Waals surface area contributed by atoms with Crippen LogP contribution in [-0.4, -0.2) is 4.92 Å². The maximum atomic E-state index is 10.8. The topological polar surface area (TPSA) is 59.0 Å². The first-order valence-corrected chi connectivity index (χ1v) is 8.68. The van der Waals surface area contributed by atoms with E-state index in [2.05, 4.69) is 29.5 Å². The maximum absolute atomic E-state index is 10.8. The molecule has 1 N–H and O–H groups in total. The summed E-state index contributed by atoms with van der Waals surface area (Å²) in [5, 5.41) is 17.3. The molecule has 6 heteroatoms. The van der Waals surface area contributed by atoms with Gasteiger partial charge in [0.25, 0.3) is 5.69 Å². The van der Waals surface area contributed by atoms with E-state index in [0.29, 0.717) is 6.54 Å². The largest absolute Gasteiger partial charge is 0.339 e. The summed E-state index contributed by atoms with van der Waals surface area (Å²) < 4.78 is 2.12. The first kappa shape index (κ1) is 16.9. The molecule has 2 aromatic carbocycles. The molecule has 0 radical (unpaired) electrons. The first-order chi connectivity index (χ1) is 12.1. The summed E-state index contributed by atoms with van der Waals surface area (Å²) >= 11 is 1.60. The van der Waals surface area contributed by atoms with Gasteiger partial charge in [0.2, 0.25) is 0 Å². The van der Waals surface area contributed by atoms with Gasteiger partial charge in [-0.1, -0.05) is 42.2 Å². The number of hydrogen-bond donors (Lipinski definition) is 1. The van der Waals surface area contributed by atoms with Crippen LogP contribution in [0.4, 0.5) is 16.5 Å². The number of aryl methyl sites for hydroxylation is 1. The van der Waals surface area contributed by atoms with Gasteiger partial charge in [0, 0.05) is 23.1 Å². The van der Waals surface area contributed by atoms with Crippen molar-refractivity contribution in [2.24, 2.45) is 0 Å². The fourth-order valence-corrected chi connectivity index (χ4v) is 3.52. The highest BCUT2D eigenvalue weighted by Crippen LogP contribution is 2.28. The zero-order chi connectivity index (χ0) is 17.8. The lowest BCUT2D eigenvalue weighted by molar-refractivity contribution is -0.657. The average molecular weight is 352 g/mol. The number of non-ortho nitro benzene ring substituents is 1. The molecule has 0 saturated carbocycles. The number of nitrogens with one attached hydrogen (secondary N) is 1. The van der Waals surface area contributed by atoms with Crippen molar-refractivity contribution < 1.29 is 9.49 Å². The van der Waals surface area contributed by atoms with Crippen molar-refractivity contribution in [3.63, 3.8) is 0 Å². The Kier molecular flexibility index (Phi) is 4.90. The summed E-state index contributed by atoms with van der Waals surface area (Å²) in [5.41, 5.74) is 4.24. The highest BCUT2D eigenvalue weighted by atomic mass is 32.1. The number of aromatic nitrogens is 1. The van der Waals surface area contributed by atoms with E-state index in [9.17, 15) is 10.1 Å². The summed E-state index contributed by atoms with van der Waals surface area (Å²) in [4.78, 5) is 10.4. The average Bonchev–Trinajstić information content (AvgIpc) is 3.00. The number of hydrogen-bond acceptors (Lipinski definition) is 4. The molecule has 0 saturated heterocycles. The first-order valence-electron chi connectivity index (χ1n) is 7.80.